The van der Waals surface area contributed by atoms with Gasteiger partial charge < -0.3 is 10.6 Å². The van der Waals surface area contributed by atoms with Crippen LogP contribution in [0.15, 0.2) is 0 Å². The number of hydrogen-bond acceptors (Lipinski definition) is 5. The number of carbonyl (C=O) groups is 2. The second-order valence-corrected chi connectivity index (χ2v) is 5.66. The van der Waals surface area contributed by atoms with Crippen LogP contribution in [0.5, 0.6) is 0 Å². The van der Waals surface area contributed by atoms with E-state index in [1.807, 2.05) is 6.92 Å². The summed E-state index contributed by atoms with van der Waals surface area (Å²) in [5, 5.41) is 6.75. The first kappa shape index (κ1) is 12.9. The second kappa shape index (κ2) is 5.01. The van der Waals surface area contributed by atoms with Crippen molar-refractivity contribution in [2.75, 3.05) is 22.9 Å². The van der Waals surface area contributed by atoms with E-state index in [1.165, 1.54) is 18.7 Å². The van der Waals surface area contributed by atoms with Gasteiger partial charge in [-0.2, -0.15) is 5.10 Å². The summed E-state index contributed by atoms with van der Waals surface area (Å²) in [5.74, 6) is 1.26. The van der Waals surface area contributed by atoms with E-state index >= 15 is 0 Å². The average molecular weight is 268 g/mol. The summed E-state index contributed by atoms with van der Waals surface area (Å²) in [4.78, 5) is 24.6. The number of aromatic amines is 1. The summed E-state index contributed by atoms with van der Waals surface area (Å²) in [6.45, 7) is 3.98. The predicted octanol–water partition coefficient (Wildman–Crippen LogP) is 0.933. The summed E-state index contributed by atoms with van der Waals surface area (Å²) in [6.07, 6.45) is 0.463. The fourth-order valence-corrected chi connectivity index (χ4v) is 2.82. The van der Waals surface area contributed by atoms with E-state index in [0.29, 0.717) is 30.2 Å². The molecule has 1 unspecified atom stereocenters. The number of amides is 1. The van der Waals surface area contributed by atoms with Crippen LogP contribution in [0.3, 0.4) is 0 Å². The standard InChI is InChI=1S/C11H16N4O2S/c1-6-10(11(12)14-13-6)15-4-8(3-9(15)17)5-18-7(2)16/h8H,3-5H2,1-2H3,(H3,12,13,14). The Kier molecular flexibility index (Phi) is 3.60. The number of thioether (sulfide) groups is 1. The zero-order valence-electron chi connectivity index (χ0n) is 10.4. The molecule has 7 heteroatoms. The first-order valence-corrected chi connectivity index (χ1v) is 6.71. The Morgan fingerprint density at radius 3 is 2.94 bits per heavy atom. The van der Waals surface area contributed by atoms with Crippen LogP contribution in [0.4, 0.5) is 11.5 Å². The van der Waals surface area contributed by atoms with Crippen LogP contribution in [0.1, 0.15) is 19.0 Å². The van der Waals surface area contributed by atoms with E-state index in [1.54, 1.807) is 4.90 Å². The number of nitrogens with one attached hydrogen (secondary N) is 1. The third-order valence-electron chi connectivity index (χ3n) is 2.94. The summed E-state index contributed by atoms with van der Waals surface area (Å²) < 4.78 is 0. The lowest BCUT2D eigenvalue weighted by molar-refractivity contribution is -0.117. The fourth-order valence-electron chi connectivity index (χ4n) is 2.13. The maximum atomic E-state index is 12.0. The molecule has 1 aromatic heterocycles. The molecule has 6 nitrogen and oxygen atoms in total. The van der Waals surface area contributed by atoms with Crippen LogP contribution in [0.2, 0.25) is 0 Å². The molecule has 3 N–H and O–H groups in total. The highest BCUT2D eigenvalue weighted by Crippen LogP contribution is 2.32. The third kappa shape index (κ3) is 2.50. The molecule has 0 bridgehead atoms. The Bertz CT molecular complexity index is 466. The molecule has 98 valence electrons. The molecule has 1 amide bonds. The van der Waals surface area contributed by atoms with Gasteiger partial charge in [-0.25, -0.2) is 0 Å². The van der Waals surface area contributed by atoms with Crippen molar-refractivity contribution in [2.45, 2.75) is 20.3 Å². The van der Waals surface area contributed by atoms with Crippen LogP contribution in [0, 0.1) is 12.8 Å². The maximum absolute atomic E-state index is 12.0. The molecule has 1 atom stereocenters. The molecule has 0 radical (unpaired) electrons. The number of hydrogen-bond donors (Lipinski definition) is 2. The zero-order chi connectivity index (χ0) is 13.3. The van der Waals surface area contributed by atoms with E-state index in [4.69, 9.17) is 5.73 Å². The Labute approximate surface area is 109 Å². The molecule has 2 heterocycles. The quantitative estimate of drug-likeness (QED) is 0.851. The SMILES string of the molecule is CC(=O)SCC1CC(=O)N(c2c(N)n[nH]c2C)C1. The first-order chi connectivity index (χ1) is 8.49. The summed E-state index contributed by atoms with van der Waals surface area (Å²) in [6, 6.07) is 0. The minimum Gasteiger partial charge on any atom is -0.380 e. The molecule has 1 aliphatic rings. The van der Waals surface area contributed by atoms with Gasteiger partial charge in [0.25, 0.3) is 0 Å². The monoisotopic (exact) mass is 268 g/mol. The van der Waals surface area contributed by atoms with Crippen molar-refractivity contribution in [1.29, 1.82) is 0 Å². The van der Waals surface area contributed by atoms with Gasteiger partial charge in [-0.1, -0.05) is 11.8 Å². The molecule has 1 saturated heterocycles. The van der Waals surface area contributed by atoms with Crippen molar-refractivity contribution in [3.05, 3.63) is 5.69 Å². The summed E-state index contributed by atoms with van der Waals surface area (Å²) >= 11 is 1.27. The van der Waals surface area contributed by atoms with Crippen LogP contribution in [0.25, 0.3) is 0 Å². The van der Waals surface area contributed by atoms with Gasteiger partial charge in [-0.05, 0) is 12.8 Å². The Morgan fingerprint density at radius 1 is 1.67 bits per heavy atom. The number of anilines is 2. The van der Waals surface area contributed by atoms with Gasteiger partial charge in [0, 0.05) is 25.6 Å². The Hall–Kier alpha value is -1.50. The van der Waals surface area contributed by atoms with E-state index in [9.17, 15) is 9.59 Å². The molecule has 0 saturated carbocycles. The molecule has 0 aliphatic carbocycles. The van der Waals surface area contributed by atoms with Crippen molar-refractivity contribution in [3.63, 3.8) is 0 Å². The van der Waals surface area contributed by atoms with Crippen molar-refractivity contribution >= 4 is 34.3 Å². The molecule has 18 heavy (non-hydrogen) atoms. The normalized spacial score (nSPS) is 19.6. The van der Waals surface area contributed by atoms with E-state index < -0.39 is 0 Å². The van der Waals surface area contributed by atoms with Gasteiger partial charge in [0.2, 0.25) is 5.91 Å². The Balaban J connectivity index is 2.08. The average Bonchev–Trinajstić information content (AvgIpc) is 2.80. The second-order valence-electron chi connectivity index (χ2n) is 4.46. The predicted molar refractivity (Wildman–Crippen MR) is 71.3 cm³/mol. The largest absolute Gasteiger partial charge is 0.380 e. The van der Waals surface area contributed by atoms with Crippen molar-refractivity contribution in [1.82, 2.24) is 10.2 Å². The lowest BCUT2D eigenvalue weighted by Crippen LogP contribution is -2.26. The molecule has 0 aromatic carbocycles. The number of nitrogens with zero attached hydrogens (tertiary/aromatic N) is 2. The highest BCUT2D eigenvalue weighted by molar-refractivity contribution is 8.13. The number of aryl methyl sites for hydroxylation is 1. The molecule has 0 spiro atoms. The molecular formula is C11H16N4O2S. The van der Waals surface area contributed by atoms with Gasteiger partial charge in [0.1, 0.15) is 5.69 Å². The van der Waals surface area contributed by atoms with Crippen molar-refractivity contribution < 1.29 is 9.59 Å². The van der Waals surface area contributed by atoms with Gasteiger partial charge in [0.15, 0.2) is 10.9 Å². The molecule has 1 aliphatic heterocycles. The number of H-pyrrole nitrogens is 1. The van der Waals surface area contributed by atoms with Crippen LogP contribution < -0.4 is 10.6 Å². The van der Waals surface area contributed by atoms with Gasteiger partial charge in [-0.3, -0.25) is 14.7 Å². The van der Waals surface area contributed by atoms with Crippen molar-refractivity contribution in [2.24, 2.45) is 5.92 Å². The highest BCUT2D eigenvalue weighted by Gasteiger charge is 2.33. The van der Waals surface area contributed by atoms with Crippen LogP contribution >= 0.6 is 11.8 Å². The van der Waals surface area contributed by atoms with Crippen molar-refractivity contribution in [3.8, 4) is 0 Å². The molecular weight excluding hydrogens is 252 g/mol. The van der Waals surface area contributed by atoms with Gasteiger partial charge >= 0.3 is 0 Å². The molecule has 2 rings (SSSR count). The fraction of sp³-hybridized carbons (Fsp3) is 0.545. The minimum absolute atomic E-state index is 0.0420. The van der Waals surface area contributed by atoms with Gasteiger partial charge in [-0.15, -0.1) is 0 Å². The summed E-state index contributed by atoms with van der Waals surface area (Å²) in [5.41, 5.74) is 7.22. The van der Waals surface area contributed by atoms with E-state index in [2.05, 4.69) is 10.2 Å². The lowest BCUT2D eigenvalue weighted by Gasteiger charge is -2.16. The van der Waals surface area contributed by atoms with E-state index in [0.717, 1.165) is 5.69 Å². The van der Waals surface area contributed by atoms with Gasteiger partial charge in [0.05, 0.1) is 5.69 Å². The third-order valence-corrected chi connectivity index (χ3v) is 3.98. The zero-order valence-corrected chi connectivity index (χ0v) is 11.2. The number of rotatable bonds is 3. The van der Waals surface area contributed by atoms with Crippen LogP contribution in [-0.4, -0.2) is 33.5 Å². The molecule has 1 fully saturated rings. The minimum atomic E-state index is 0.0420. The topological polar surface area (TPSA) is 92.1 Å². The molecule has 1 aromatic rings. The number of aromatic nitrogens is 2. The Morgan fingerprint density at radius 2 is 2.39 bits per heavy atom. The number of carbonyl (C=O) groups excluding carboxylic acids is 2. The smallest absolute Gasteiger partial charge is 0.227 e. The first-order valence-electron chi connectivity index (χ1n) is 5.73. The lowest BCUT2D eigenvalue weighted by atomic mass is 10.1. The van der Waals surface area contributed by atoms with Crippen LogP contribution in [-0.2, 0) is 9.59 Å². The number of nitrogen functional groups attached to an aromatic ring is 1. The summed E-state index contributed by atoms with van der Waals surface area (Å²) in [7, 11) is 0. The highest BCUT2D eigenvalue weighted by atomic mass is 32.2. The van der Waals surface area contributed by atoms with E-state index in [-0.39, 0.29) is 16.9 Å². The number of nitrogens with two attached hydrogens (primary N) is 1. The maximum Gasteiger partial charge on any atom is 0.227 e.